The standard InChI is InChI=1S/C16H11N3O/c20-16-15-18-14(10-19(15)8-7-17-16)13-6-5-11-3-1-2-4-12(11)9-13/h1-10H,(H,17,20). The number of hydrogen-bond acceptors (Lipinski definition) is 2. The molecule has 0 fully saturated rings. The summed E-state index contributed by atoms with van der Waals surface area (Å²) in [5.41, 5.74) is 2.04. The predicted molar refractivity (Wildman–Crippen MR) is 78.8 cm³/mol. The zero-order valence-electron chi connectivity index (χ0n) is 10.6. The molecular formula is C16H11N3O. The predicted octanol–water partition coefficient (Wildman–Crippen LogP) is 2.84. The highest BCUT2D eigenvalue weighted by molar-refractivity contribution is 5.86. The van der Waals surface area contributed by atoms with Crippen LogP contribution in [0.1, 0.15) is 0 Å². The van der Waals surface area contributed by atoms with Gasteiger partial charge in [-0.1, -0.05) is 36.4 Å². The number of imidazole rings is 1. The van der Waals surface area contributed by atoms with Gasteiger partial charge in [-0.25, -0.2) is 4.98 Å². The number of benzene rings is 2. The minimum absolute atomic E-state index is 0.181. The minimum atomic E-state index is -0.181. The largest absolute Gasteiger partial charge is 0.324 e. The van der Waals surface area contributed by atoms with Crippen molar-refractivity contribution < 1.29 is 0 Å². The van der Waals surface area contributed by atoms with Crippen LogP contribution in [0, 0.1) is 0 Å². The van der Waals surface area contributed by atoms with Crippen molar-refractivity contribution in [3.63, 3.8) is 0 Å². The van der Waals surface area contributed by atoms with E-state index in [0.717, 1.165) is 16.6 Å². The molecule has 0 aliphatic rings. The molecule has 0 aliphatic heterocycles. The average Bonchev–Trinajstić information content (AvgIpc) is 2.92. The molecule has 4 aromatic rings. The highest BCUT2D eigenvalue weighted by Gasteiger charge is 2.07. The van der Waals surface area contributed by atoms with Crippen LogP contribution in [0.25, 0.3) is 27.7 Å². The normalized spacial score (nSPS) is 11.2. The van der Waals surface area contributed by atoms with Crippen molar-refractivity contribution in [2.24, 2.45) is 0 Å². The van der Waals surface area contributed by atoms with Gasteiger partial charge in [0.25, 0.3) is 5.56 Å². The van der Waals surface area contributed by atoms with E-state index in [1.165, 1.54) is 5.39 Å². The van der Waals surface area contributed by atoms with Gasteiger partial charge in [-0.2, -0.15) is 0 Å². The number of hydrogen-bond donors (Lipinski definition) is 1. The zero-order valence-corrected chi connectivity index (χ0v) is 10.6. The summed E-state index contributed by atoms with van der Waals surface area (Å²) < 4.78 is 1.74. The maximum absolute atomic E-state index is 11.7. The van der Waals surface area contributed by atoms with Crippen LogP contribution in [0.3, 0.4) is 0 Å². The summed E-state index contributed by atoms with van der Waals surface area (Å²) in [6, 6.07) is 14.4. The van der Waals surface area contributed by atoms with Gasteiger partial charge in [0.15, 0.2) is 0 Å². The van der Waals surface area contributed by atoms with Crippen LogP contribution in [0.4, 0.5) is 0 Å². The molecule has 96 valence electrons. The van der Waals surface area contributed by atoms with Crippen molar-refractivity contribution in [2.75, 3.05) is 0 Å². The van der Waals surface area contributed by atoms with Crippen molar-refractivity contribution in [2.45, 2.75) is 0 Å². The fourth-order valence-electron chi connectivity index (χ4n) is 2.42. The smallest absolute Gasteiger partial charge is 0.291 e. The van der Waals surface area contributed by atoms with Gasteiger partial charge in [-0.05, 0) is 16.8 Å². The van der Waals surface area contributed by atoms with E-state index in [0.29, 0.717) is 5.65 Å². The lowest BCUT2D eigenvalue weighted by Gasteiger charge is -2.00. The number of rotatable bonds is 1. The summed E-state index contributed by atoms with van der Waals surface area (Å²) in [5.74, 6) is 0. The van der Waals surface area contributed by atoms with Crippen molar-refractivity contribution in [3.8, 4) is 11.3 Å². The van der Waals surface area contributed by atoms with Gasteiger partial charge in [-0.15, -0.1) is 0 Å². The molecule has 0 unspecified atom stereocenters. The monoisotopic (exact) mass is 261 g/mol. The first-order valence-electron chi connectivity index (χ1n) is 6.37. The molecule has 2 heterocycles. The molecule has 0 saturated heterocycles. The summed E-state index contributed by atoms with van der Waals surface area (Å²) in [6.45, 7) is 0. The third-order valence-corrected chi connectivity index (χ3v) is 3.43. The molecular weight excluding hydrogens is 250 g/mol. The molecule has 0 radical (unpaired) electrons. The lowest BCUT2D eigenvalue weighted by atomic mass is 10.1. The Hall–Kier alpha value is -2.88. The second kappa shape index (κ2) is 4.06. The minimum Gasteiger partial charge on any atom is -0.324 e. The number of fused-ring (bicyclic) bond motifs is 2. The van der Waals surface area contributed by atoms with Crippen molar-refractivity contribution in [1.29, 1.82) is 0 Å². The van der Waals surface area contributed by atoms with E-state index < -0.39 is 0 Å². The Labute approximate surface area is 114 Å². The van der Waals surface area contributed by atoms with Crippen LogP contribution < -0.4 is 5.56 Å². The molecule has 0 aliphatic carbocycles. The van der Waals surface area contributed by atoms with E-state index in [4.69, 9.17) is 0 Å². The number of nitrogens with one attached hydrogen (secondary N) is 1. The highest BCUT2D eigenvalue weighted by Crippen LogP contribution is 2.23. The number of nitrogens with zero attached hydrogens (tertiary/aromatic N) is 2. The van der Waals surface area contributed by atoms with Crippen LogP contribution in [0.15, 0.2) is 65.8 Å². The Morgan fingerprint density at radius 2 is 1.90 bits per heavy atom. The second-order valence-electron chi connectivity index (χ2n) is 4.71. The highest BCUT2D eigenvalue weighted by atomic mass is 16.1. The molecule has 20 heavy (non-hydrogen) atoms. The average molecular weight is 261 g/mol. The molecule has 4 nitrogen and oxygen atoms in total. The molecule has 4 heteroatoms. The Morgan fingerprint density at radius 3 is 2.75 bits per heavy atom. The fourth-order valence-corrected chi connectivity index (χ4v) is 2.42. The first-order chi connectivity index (χ1) is 9.81. The molecule has 4 rings (SSSR count). The third kappa shape index (κ3) is 1.62. The van der Waals surface area contributed by atoms with Gasteiger partial charge < -0.3 is 9.38 Å². The van der Waals surface area contributed by atoms with E-state index >= 15 is 0 Å². The Bertz CT molecular complexity index is 982. The van der Waals surface area contributed by atoms with Crippen molar-refractivity contribution >= 4 is 16.4 Å². The van der Waals surface area contributed by atoms with E-state index in [2.05, 4.69) is 34.2 Å². The van der Waals surface area contributed by atoms with Gasteiger partial charge in [0.1, 0.15) is 0 Å². The summed E-state index contributed by atoms with van der Waals surface area (Å²) in [7, 11) is 0. The molecule has 0 bridgehead atoms. The van der Waals surface area contributed by atoms with Crippen LogP contribution in [0.5, 0.6) is 0 Å². The summed E-state index contributed by atoms with van der Waals surface area (Å²) in [6.07, 6.45) is 5.27. The first kappa shape index (κ1) is 11.0. The lowest BCUT2D eigenvalue weighted by molar-refractivity contribution is 1.09. The molecule has 0 saturated carbocycles. The quantitative estimate of drug-likeness (QED) is 0.573. The van der Waals surface area contributed by atoms with Gasteiger partial charge in [0.05, 0.1) is 5.69 Å². The maximum Gasteiger partial charge on any atom is 0.291 e. The molecule has 0 spiro atoms. The molecule has 0 amide bonds. The van der Waals surface area contributed by atoms with Crippen molar-refractivity contribution in [3.05, 3.63) is 71.4 Å². The van der Waals surface area contributed by atoms with Gasteiger partial charge in [0.2, 0.25) is 5.65 Å². The number of aromatic nitrogens is 3. The van der Waals surface area contributed by atoms with E-state index in [1.54, 1.807) is 16.8 Å². The third-order valence-electron chi connectivity index (χ3n) is 3.43. The van der Waals surface area contributed by atoms with Crippen LogP contribution >= 0.6 is 0 Å². The van der Waals surface area contributed by atoms with Crippen LogP contribution in [-0.2, 0) is 0 Å². The topological polar surface area (TPSA) is 50.2 Å². The molecule has 1 N–H and O–H groups in total. The zero-order chi connectivity index (χ0) is 13.5. The first-order valence-corrected chi connectivity index (χ1v) is 6.37. The lowest BCUT2D eigenvalue weighted by Crippen LogP contribution is -2.07. The Balaban J connectivity index is 1.96. The Kier molecular flexibility index (Phi) is 2.23. The summed E-state index contributed by atoms with van der Waals surface area (Å²) >= 11 is 0. The van der Waals surface area contributed by atoms with Crippen LogP contribution in [-0.4, -0.2) is 14.4 Å². The molecule has 0 atom stereocenters. The molecule has 2 aromatic carbocycles. The van der Waals surface area contributed by atoms with Crippen molar-refractivity contribution in [1.82, 2.24) is 14.4 Å². The van der Waals surface area contributed by atoms with Gasteiger partial charge >= 0.3 is 0 Å². The maximum atomic E-state index is 11.7. The number of aromatic amines is 1. The van der Waals surface area contributed by atoms with Gasteiger partial charge in [0, 0.05) is 24.2 Å². The Morgan fingerprint density at radius 1 is 1.05 bits per heavy atom. The molecule has 2 aromatic heterocycles. The van der Waals surface area contributed by atoms with E-state index in [9.17, 15) is 4.79 Å². The number of H-pyrrole nitrogens is 1. The van der Waals surface area contributed by atoms with Gasteiger partial charge in [-0.3, -0.25) is 4.79 Å². The summed E-state index contributed by atoms with van der Waals surface area (Å²) in [5, 5.41) is 2.36. The van der Waals surface area contributed by atoms with E-state index in [-0.39, 0.29) is 5.56 Å². The van der Waals surface area contributed by atoms with E-state index in [1.807, 2.05) is 24.4 Å². The second-order valence-corrected chi connectivity index (χ2v) is 4.71. The van der Waals surface area contributed by atoms with Crippen LogP contribution in [0.2, 0.25) is 0 Å². The summed E-state index contributed by atoms with van der Waals surface area (Å²) in [4.78, 5) is 18.7. The fraction of sp³-hybridized carbons (Fsp3) is 0. The SMILES string of the molecule is O=c1[nH]ccn2cc(-c3ccc4ccccc4c3)nc12.